The molecule has 0 amide bonds. The van der Waals surface area contributed by atoms with Crippen LogP contribution in [0.2, 0.25) is 0 Å². The fourth-order valence-corrected chi connectivity index (χ4v) is 2.40. The van der Waals surface area contributed by atoms with E-state index >= 15 is 0 Å². The van der Waals surface area contributed by atoms with Crippen LogP contribution in [0, 0.1) is 0 Å². The molecule has 0 aliphatic carbocycles. The largest absolute Gasteiger partial charge is 0.309 e. The number of nitrogens with zero attached hydrogens (tertiary/aromatic N) is 4. The molecular formula is C13H18ClN5. The first-order chi connectivity index (χ1) is 8.88. The molecule has 1 saturated heterocycles. The molecule has 19 heavy (non-hydrogen) atoms. The molecule has 1 unspecified atom stereocenters. The Morgan fingerprint density at radius 3 is 3.05 bits per heavy atom. The zero-order valence-electron chi connectivity index (χ0n) is 10.9. The summed E-state index contributed by atoms with van der Waals surface area (Å²) in [5.74, 6) is 1.87. The van der Waals surface area contributed by atoms with Gasteiger partial charge in [0.1, 0.15) is 5.82 Å². The van der Waals surface area contributed by atoms with Crippen LogP contribution in [-0.2, 0) is 6.42 Å². The molecule has 0 spiro atoms. The van der Waals surface area contributed by atoms with Crippen molar-refractivity contribution in [3.63, 3.8) is 0 Å². The minimum absolute atomic E-state index is 0. The maximum atomic E-state index is 4.70. The highest BCUT2D eigenvalue weighted by Gasteiger charge is 2.18. The maximum Gasteiger partial charge on any atom is 0.156 e. The van der Waals surface area contributed by atoms with E-state index in [4.69, 9.17) is 4.98 Å². The number of nitrogens with one attached hydrogen (secondary N) is 1. The molecule has 102 valence electrons. The second-order valence-electron chi connectivity index (χ2n) is 4.52. The van der Waals surface area contributed by atoms with E-state index in [0.717, 1.165) is 36.7 Å². The molecule has 0 saturated carbocycles. The van der Waals surface area contributed by atoms with E-state index in [0.29, 0.717) is 6.04 Å². The average Bonchev–Trinajstić information content (AvgIpc) is 3.10. The average molecular weight is 280 g/mol. The molecule has 3 rings (SSSR count). The summed E-state index contributed by atoms with van der Waals surface area (Å²) < 4.78 is 2.01. The van der Waals surface area contributed by atoms with Crippen LogP contribution in [-0.4, -0.2) is 26.1 Å². The highest BCUT2D eigenvalue weighted by molar-refractivity contribution is 5.85. The van der Waals surface area contributed by atoms with Crippen LogP contribution < -0.4 is 5.32 Å². The number of halogens is 1. The second-order valence-corrected chi connectivity index (χ2v) is 4.52. The number of imidazole rings is 1. The maximum absolute atomic E-state index is 4.70. The molecule has 5 nitrogen and oxygen atoms in total. The van der Waals surface area contributed by atoms with Crippen LogP contribution in [0.3, 0.4) is 0 Å². The summed E-state index contributed by atoms with van der Waals surface area (Å²) in [5.41, 5.74) is 1.03. The Balaban J connectivity index is 0.00000133. The molecule has 1 atom stereocenters. The van der Waals surface area contributed by atoms with E-state index in [-0.39, 0.29) is 12.4 Å². The van der Waals surface area contributed by atoms with Crippen LogP contribution in [0.25, 0.3) is 5.82 Å². The van der Waals surface area contributed by atoms with Gasteiger partial charge in [0.2, 0.25) is 0 Å². The van der Waals surface area contributed by atoms with E-state index < -0.39 is 0 Å². The van der Waals surface area contributed by atoms with Crippen LogP contribution in [0.15, 0.2) is 24.8 Å². The van der Waals surface area contributed by atoms with Crippen molar-refractivity contribution < 1.29 is 0 Å². The molecule has 0 radical (unpaired) electrons. The fraction of sp³-hybridized carbons (Fsp3) is 0.462. The normalized spacial score (nSPS) is 18.3. The van der Waals surface area contributed by atoms with Crippen molar-refractivity contribution >= 4 is 12.4 Å². The summed E-state index contributed by atoms with van der Waals surface area (Å²) in [6.45, 7) is 3.16. The van der Waals surface area contributed by atoms with Crippen LogP contribution in [0.5, 0.6) is 0 Å². The van der Waals surface area contributed by atoms with Gasteiger partial charge >= 0.3 is 0 Å². The summed E-state index contributed by atoms with van der Waals surface area (Å²) >= 11 is 0. The van der Waals surface area contributed by atoms with Gasteiger partial charge in [0.25, 0.3) is 0 Å². The highest BCUT2D eigenvalue weighted by atomic mass is 35.5. The first-order valence-corrected chi connectivity index (χ1v) is 6.46. The van der Waals surface area contributed by atoms with Gasteiger partial charge in [0, 0.05) is 18.8 Å². The molecular weight excluding hydrogens is 262 g/mol. The lowest BCUT2D eigenvalue weighted by Gasteiger charge is -2.11. The van der Waals surface area contributed by atoms with Gasteiger partial charge in [-0.1, -0.05) is 6.92 Å². The van der Waals surface area contributed by atoms with Crippen molar-refractivity contribution in [2.75, 3.05) is 6.54 Å². The zero-order chi connectivity index (χ0) is 12.4. The van der Waals surface area contributed by atoms with E-state index in [9.17, 15) is 0 Å². The standard InChI is InChI=1S/C13H17N5.ClH/c1-2-12-16-6-7-18(12)13-9-14-8-11(17-13)10-4-3-5-15-10;/h6-10,15H,2-5H2,1H3;1H. The molecule has 0 aromatic carbocycles. The van der Waals surface area contributed by atoms with Crippen molar-refractivity contribution in [3.05, 3.63) is 36.3 Å². The molecule has 2 aromatic rings. The number of rotatable bonds is 3. The summed E-state index contributed by atoms with van der Waals surface area (Å²) in [5, 5.41) is 3.45. The van der Waals surface area contributed by atoms with E-state index in [1.54, 1.807) is 12.4 Å². The van der Waals surface area contributed by atoms with Gasteiger partial charge in [-0.2, -0.15) is 0 Å². The van der Waals surface area contributed by atoms with Crippen molar-refractivity contribution in [3.8, 4) is 5.82 Å². The minimum atomic E-state index is 0. The Morgan fingerprint density at radius 2 is 2.32 bits per heavy atom. The van der Waals surface area contributed by atoms with Crippen molar-refractivity contribution in [2.45, 2.75) is 32.2 Å². The Kier molecular flexibility index (Phi) is 4.50. The van der Waals surface area contributed by atoms with Gasteiger partial charge < -0.3 is 5.32 Å². The lowest BCUT2D eigenvalue weighted by molar-refractivity contribution is 0.621. The monoisotopic (exact) mass is 279 g/mol. The lowest BCUT2D eigenvalue weighted by atomic mass is 10.2. The number of hydrogen-bond acceptors (Lipinski definition) is 4. The van der Waals surface area contributed by atoms with Gasteiger partial charge in [0.05, 0.1) is 24.1 Å². The van der Waals surface area contributed by atoms with Crippen molar-refractivity contribution in [1.82, 2.24) is 24.8 Å². The molecule has 6 heteroatoms. The van der Waals surface area contributed by atoms with Gasteiger partial charge in [-0.05, 0) is 19.4 Å². The first-order valence-electron chi connectivity index (χ1n) is 6.46. The quantitative estimate of drug-likeness (QED) is 0.934. The summed E-state index contributed by atoms with van der Waals surface area (Å²) in [6.07, 6.45) is 10.6. The molecule has 1 aliphatic heterocycles. The predicted octanol–water partition coefficient (Wildman–Crippen LogP) is 2.07. The minimum Gasteiger partial charge on any atom is -0.309 e. The Labute approximate surface area is 118 Å². The highest BCUT2D eigenvalue weighted by Crippen LogP contribution is 2.21. The predicted molar refractivity (Wildman–Crippen MR) is 75.8 cm³/mol. The number of aromatic nitrogens is 4. The van der Waals surface area contributed by atoms with Gasteiger partial charge in [-0.3, -0.25) is 9.55 Å². The van der Waals surface area contributed by atoms with Gasteiger partial charge in [-0.25, -0.2) is 9.97 Å². The zero-order valence-corrected chi connectivity index (χ0v) is 11.7. The topological polar surface area (TPSA) is 55.6 Å². The number of aryl methyl sites for hydroxylation is 1. The fourth-order valence-electron chi connectivity index (χ4n) is 2.40. The summed E-state index contributed by atoms with van der Waals surface area (Å²) in [4.78, 5) is 13.3. The smallest absolute Gasteiger partial charge is 0.156 e. The molecule has 1 fully saturated rings. The molecule has 0 bridgehead atoms. The second kappa shape index (κ2) is 6.12. The molecule has 1 aliphatic rings. The van der Waals surface area contributed by atoms with E-state index in [2.05, 4.69) is 22.2 Å². The van der Waals surface area contributed by atoms with Crippen molar-refractivity contribution in [2.24, 2.45) is 0 Å². The Bertz CT molecular complexity index is 533. The summed E-state index contributed by atoms with van der Waals surface area (Å²) in [6, 6.07) is 0.353. The third-order valence-corrected chi connectivity index (χ3v) is 3.34. The third-order valence-electron chi connectivity index (χ3n) is 3.34. The lowest BCUT2D eigenvalue weighted by Crippen LogP contribution is -2.15. The van der Waals surface area contributed by atoms with Crippen molar-refractivity contribution in [1.29, 1.82) is 0 Å². The SMILES string of the molecule is CCc1nccn1-c1cncc(C2CCCN2)n1.Cl. The number of hydrogen-bond donors (Lipinski definition) is 1. The van der Waals surface area contributed by atoms with E-state index in [1.165, 1.54) is 6.42 Å². The Morgan fingerprint density at radius 1 is 1.42 bits per heavy atom. The Hall–Kier alpha value is -1.46. The third kappa shape index (κ3) is 2.77. The summed E-state index contributed by atoms with van der Waals surface area (Å²) in [7, 11) is 0. The first kappa shape index (κ1) is 14.0. The molecule has 1 N–H and O–H groups in total. The van der Waals surface area contributed by atoms with Gasteiger partial charge in [0.15, 0.2) is 5.82 Å². The van der Waals surface area contributed by atoms with Crippen LogP contribution in [0.1, 0.15) is 37.3 Å². The van der Waals surface area contributed by atoms with Crippen LogP contribution >= 0.6 is 12.4 Å². The molecule has 2 aromatic heterocycles. The van der Waals surface area contributed by atoms with E-state index in [1.807, 2.05) is 17.0 Å². The molecule has 3 heterocycles. The van der Waals surface area contributed by atoms with Gasteiger partial charge in [-0.15, -0.1) is 12.4 Å². The van der Waals surface area contributed by atoms with Crippen LogP contribution in [0.4, 0.5) is 0 Å².